The molecule has 2 aromatic carbocycles. The summed E-state index contributed by atoms with van der Waals surface area (Å²) in [4.78, 5) is 0. The quantitative estimate of drug-likeness (QED) is 0.783. The van der Waals surface area contributed by atoms with E-state index in [1.807, 2.05) is 0 Å². The average Bonchev–Trinajstić information content (AvgIpc) is 2.94. The van der Waals surface area contributed by atoms with E-state index < -0.39 is 0 Å². The second kappa shape index (κ2) is 5.05. The van der Waals surface area contributed by atoms with Gasteiger partial charge in [0.25, 0.3) is 0 Å². The highest BCUT2D eigenvalue weighted by Crippen LogP contribution is 2.31. The van der Waals surface area contributed by atoms with E-state index in [4.69, 9.17) is 0 Å². The van der Waals surface area contributed by atoms with E-state index in [-0.39, 0.29) is 5.75 Å². The van der Waals surface area contributed by atoms with Crippen molar-refractivity contribution in [2.75, 3.05) is 0 Å². The molecule has 1 N–H and O–H groups in total. The summed E-state index contributed by atoms with van der Waals surface area (Å²) in [6, 6.07) is 10.9. The van der Waals surface area contributed by atoms with Crippen LogP contribution in [-0.4, -0.2) is 15.4 Å². The number of aromatic nitrogens is 3. The number of hydrogen-bond donors (Lipinski definition) is 1. The molecule has 0 fully saturated rings. The predicted octanol–water partition coefficient (Wildman–Crippen LogP) is 3.14. The summed E-state index contributed by atoms with van der Waals surface area (Å²) < 4.78 is 0. The Labute approximate surface area is 123 Å². The normalized spacial score (nSPS) is 10.8. The Kier molecular flexibility index (Phi) is 3.22. The fraction of sp³-hybridized carbons (Fsp3) is 0.176. The van der Waals surface area contributed by atoms with Crippen molar-refractivity contribution in [3.8, 4) is 28.3 Å². The van der Waals surface area contributed by atoms with E-state index in [2.05, 4.69) is 48.3 Å². The van der Waals surface area contributed by atoms with Crippen LogP contribution < -0.4 is 5.11 Å². The Morgan fingerprint density at radius 3 is 1.90 bits per heavy atom. The Bertz CT molecular complexity index is 765. The van der Waals surface area contributed by atoms with Crippen LogP contribution >= 0.6 is 0 Å². The monoisotopic (exact) mass is 278 g/mol. The number of nitrogens with zero attached hydrogens (tertiary/aromatic N) is 2. The zero-order valence-electron chi connectivity index (χ0n) is 12.3. The van der Waals surface area contributed by atoms with Crippen LogP contribution in [0.4, 0.5) is 0 Å². The number of rotatable bonds is 2. The van der Waals surface area contributed by atoms with Crippen molar-refractivity contribution in [1.82, 2.24) is 15.4 Å². The maximum Gasteiger partial charge on any atom is 0.120 e. The molecule has 0 radical (unpaired) electrons. The van der Waals surface area contributed by atoms with Gasteiger partial charge in [0.05, 0.1) is 0 Å². The van der Waals surface area contributed by atoms with Crippen molar-refractivity contribution in [3.05, 3.63) is 53.1 Å². The molecule has 0 unspecified atom stereocenters. The molecule has 3 rings (SSSR count). The van der Waals surface area contributed by atoms with Gasteiger partial charge in [-0.05, 0) is 49.6 Å². The summed E-state index contributed by atoms with van der Waals surface area (Å²) in [5.41, 5.74) is 7.24. The fourth-order valence-electron chi connectivity index (χ4n) is 2.42. The molecule has 0 aliphatic heterocycles. The number of H-pyrrole nitrogens is 1. The Morgan fingerprint density at radius 2 is 1.33 bits per heavy atom. The minimum Gasteiger partial charge on any atom is -0.872 e. The zero-order chi connectivity index (χ0) is 15.0. The lowest BCUT2D eigenvalue weighted by Crippen LogP contribution is -1.91. The molecule has 1 aromatic heterocycles. The van der Waals surface area contributed by atoms with Crippen LogP contribution in [0.5, 0.6) is 5.75 Å². The van der Waals surface area contributed by atoms with E-state index in [0.29, 0.717) is 0 Å². The number of benzene rings is 2. The summed E-state index contributed by atoms with van der Waals surface area (Å²) in [6.45, 7) is 6.31. The van der Waals surface area contributed by atoms with Crippen molar-refractivity contribution in [2.45, 2.75) is 20.8 Å². The molecule has 106 valence electrons. The van der Waals surface area contributed by atoms with Gasteiger partial charge < -0.3 is 5.11 Å². The third-order valence-corrected chi connectivity index (χ3v) is 3.88. The molecule has 3 aromatic rings. The molecule has 4 heteroatoms. The van der Waals surface area contributed by atoms with Gasteiger partial charge in [0.2, 0.25) is 0 Å². The number of nitrogens with one attached hydrogen (secondary N) is 1. The molecule has 0 spiro atoms. The molecule has 1 heterocycles. The van der Waals surface area contributed by atoms with Crippen molar-refractivity contribution in [2.24, 2.45) is 0 Å². The second-order valence-corrected chi connectivity index (χ2v) is 5.28. The Balaban J connectivity index is 2.13. The van der Waals surface area contributed by atoms with Gasteiger partial charge in [0.15, 0.2) is 0 Å². The fourth-order valence-corrected chi connectivity index (χ4v) is 2.42. The third-order valence-electron chi connectivity index (χ3n) is 3.88. The smallest absolute Gasteiger partial charge is 0.120 e. The number of aromatic amines is 1. The Morgan fingerprint density at radius 1 is 0.810 bits per heavy atom. The SMILES string of the molecule is Cc1cc(-c2n[nH]nc2-c2ccc([O-])cc2)cc(C)c1C. The first-order valence-corrected chi connectivity index (χ1v) is 6.82. The predicted molar refractivity (Wildman–Crippen MR) is 80.9 cm³/mol. The van der Waals surface area contributed by atoms with Crippen LogP contribution in [0.3, 0.4) is 0 Å². The molecule has 0 saturated heterocycles. The van der Waals surface area contributed by atoms with Crippen molar-refractivity contribution in [1.29, 1.82) is 0 Å². The molecule has 0 aliphatic rings. The maximum atomic E-state index is 11.2. The second-order valence-electron chi connectivity index (χ2n) is 5.28. The van der Waals surface area contributed by atoms with Crippen LogP contribution in [0.15, 0.2) is 36.4 Å². The number of hydrogen-bond acceptors (Lipinski definition) is 3. The molecule has 0 bridgehead atoms. The van der Waals surface area contributed by atoms with Crippen LogP contribution in [0.2, 0.25) is 0 Å². The van der Waals surface area contributed by atoms with Gasteiger partial charge >= 0.3 is 0 Å². The van der Waals surface area contributed by atoms with Crippen molar-refractivity contribution >= 4 is 0 Å². The van der Waals surface area contributed by atoms with E-state index in [1.165, 1.54) is 16.7 Å². The first kappa shape index (κ1) is 13.4. The largest absolute Gasteiger partial charge is 0.872 e. The number of aryl methyl sites for hydroxylation is 2. The van der Waals surface area contributed by atoms with Crippen molar-refractivity contribution < 1.29 is 5.11 Å². The summed E-state index contributed by atoms with van der Waals surface area (Å²) in [5.74, 6) is -0.00850. The summed E-state index contributed by atoms with van der Waals surface area (Å²) >= 11 is 0. The zero-order valence-corrected chi connectivity index (χ0v) is 12.3. The average molecular weight is 278 g/mol. The first-order valence-electron chi connectivity index (χ1n) is 6.82. The molecule has 0 amide bonds. The molecule has 21 heavy (non-hydrogen) atoms. The van der Waals surface area contributed by atoms with Gasteiger partial charge in [0, 0.05) is 11.1 Å². The van der Waals surface area contributed by atoms with Crippen LogP contribution in [0.25, 0.3) is 22.5 Å². The molecule has 0 saturated carbocycles. The Hall–Kier alpha value is -2.62. The molecule has 0 aliphatic carbocycles. The van der Waals surface area contributed by atoms with Gasteiger partial charge in [-0.2, -0.15) is 15.4 Å². The maximum absolute atomic E-state index is 11.2. The minimum atomic E-state index is -0.00850. The van der Waals surface area contributed by atoms with E-state index >= 15 is 0 Å². The van der Waals surface area contributed by atoms with Gasteiger partial charge in [-0.25, -0.2) is 0 Å². The first-order chi connectivity index (χ1) is 10.1. The molecular formula is C17H16N3O-. The van der Waals surface area contributed by atoms with Gasteiger partial charge in [-0.15, -0.1) is 5.75 Å². The van der Waals surface area contributed by atoms with Crippen molar-refractivity contribution in [3.63, 3.8) is 0 Å². The summed E-state index contributed by atoms with van der Waals surface area (Å²) in [6.07, 6.45) is 0. The van der Waals surface area contributed by atoms with Crippen LogP contribution in [0, 0.1) is 20.8 Å². The highest BCUT2D eigenvalue weighted by Gasteiger charge is 2.13. The topological polar surface area (TPSA) is 64.6 Å². The van der Waals surface area contributed by atoms with E-state index in [1.54, 1.807) is 24.3 Å². The van der Waals surface area contributed by atoms with Gasteiger partial charge in [-0.3, -0.25) is 0 Å². The van der Waals surface area contributed by atoms with Gasteiger partial charge in [0.1, 0.15) is 11.4 Å². The van der Waals surface area contributed by atoms with E-state index in [0.717, 1.165) is 22.5 Å². The van der Waals surface area contributed by atoms with E-state index in [9.17, 15) is 5.11 Å². The molecular weight excluding hydrogens is 262 g/mol. The minimum absolute atomic E-state index is 0.00850. The molecule has 4 nitrogen and oxygen atoms in total. The molecule has 0 atom stereocenters. The highest BCUT2D eigenvalue weighted by molar-refractivity contribution is 5.78. The van der Waals surface area contributed by atoms with Crippen LogP contribution in [-0.2, 0) is 0 Å². The standard InChI is InChI=1S/C17H17N3O/c1-10-8-14(9-11(2)12(10)3)17-16(18-20-19-17)13-4-6-15(21)7-5-13/h4-9,21H,1-3H3,(H,18,19,20)/p-1. The lowest BCUT2D eigenvalue weighted by molar-refractivity contribution is -0.268. The summed E-state index contributed by atoms with van der Waals surface area (Å²) in [7, 11) is 0. The van der Waals surface area contributed by atoms with Gasteiger partial charge in [-0.1, -0.05) is 24.3 Å². The lowest BCUT2D eigenvalue weighted by Gasteiger charge is -2.09. The summed E-state index contributed by atoms with van der Waals surface area (Å²) in [5, 5.41) is 22.4. The highest BCUT2D eigenvalue weighted by atomic mass is 16.3. The van der Waals surface area contributed by atoms with Crippen LogP contribution in [0.1, 0.15) is 16.7 Å². The third kappa shape index (κ3) is 2.40. The lowest BCUT2D eigenvalue weighted by atomic mass is 9.97.